The summed E-state index contributed by atoms with van der Waals surface area (Å²) in [7, 11) is 0. The summed E-state index contributed by atoms with van der Waals surface area (Å²) in [4.78, 5) is 2.33. The summed E-state index contributed by atoms with van der Waals surface area (Å²) in [5.74, 6) is 0. The van der Waals surface area contributed by atoms with Gasteiger partial charge in [0.15, 0.2) is 0 Å². The second-order valence-corrected chi connectivity index (χ2v) is 5.31. The average molecular weight is 266 g/mol. The van der Waals surface area contributed by atoms with E-state index >= 15 is 0 Å². The Balaban J connectivity index is 2.22. The molecular weight excluding hydrogens is 241 g/mol. The van der Waals surface area contributed by atoms with Crippen LogP contribution >= 0.6 is 0 Å². The van der Waals surface area contributed by atoms with Crippen LogP contribution in [0.2, 0.25) is 0 Å². The lowest BCUT2D eigenvalue weighted by Gasteiger charge is -2.39. The SMILES string of the molecule is CCCC1CN(CCCCC(F)(F)F)C(C)CN1. The fourth-order valence-corrected chi connectivity index (χ4v) is 2.49. The van der Waals surface area contributed by atoms with Crippen LogP contribution in [0.4, 0.5) is 13.2 Å². The van der Waals surface area contributed by atoms with E-state index in [1.54, 1.807) is 0 Å². The molecule has 1 saturated heterocycles. The minimum Gasteiger partial charge on any atom is -0.311 e. The Kier molecular flexibility index (Phi) is 6.43. The zero-order valence-electron chi connectivity index (χ0n) is 11.4. The second-order valence-electron chi connectivity index (χ2n) is 5.31. The Morgan fingerprint density at radius 3 is 2.61 bits per heavy atom. The van der Waals surface area contributed by atoms with Crippen molar-refractivity contribution in [3.63, 3.8) is 0 Å². The first-order valence-corrected chi connectivity index (χ1v) is 6.96. The van der Waals surface area contributed by atoms with Crippen LogP contribution in [0.1, 0.15) is 46.0 Å². The molecule has 5 heteroatoms. The highest BCUT2D eigenvalue weighted by molar-refractivity contribution is 4.83. The van der Waals surface area contributed by atoms with Gasteiger partial charge in [0.2, 0.25) is 0 Å². The average Bonchev–Trinajstić information content (AvgIpc) is 2.27. The third kappa shape index (κ3) is 6.05. The molecule has 0 bridgehead atoms. The van der Waals surface area contributed by atoms with E-state index in [1.165, 1.54) is 0 Å². The first-order chi connectivity index (χ1) is 8.42. The number of rotatable bonds is 6. The van der Waals surface area contributed by atoms with E-state index in [-0.39, 0.29) is 6.42 Å². The van der Waals surface area contributed by atoms with Crippen LogP contribution in [0.25, 0.3) is 0 Å². The Morgan fingerprint density at radius 1 is 1.28 bits per heavy atom. The van der Waals surface area contributed by atoms with Gasteiger partial charge >= 0.3 is 6.18 Å². The number of hydrogen-bond acceptors (Lipinski definition) is 2. The van der Waals surface area contributed by atoms with Crippen molar-refractivity contribution in [3.05, 3.63) is 0 Å². The number of unbranched alkanes of at least 4 members (excludes halogenated alkanes) is 1. The summed E-state index contributed by atoms with van der Waals surface area (Å²) in [5, 5.41) is 3.49. The highest BCUT2D eigenvalue weighted by Gasteiger charge is 2.27. The molecule has 1 heterocycles. The molecule has 0 radical (unpaired) electrons. The van der Waals surface area contributed by atoms with Crippen molar-refractivity contribution >= 4 is 0 Å². The molecule has 0 aromatic carbocycles. The third-order valence-electron chi connectivity index (χ3n) is 3.57. The molecule has 108 valence electrons. The number of halogens is 3. The smallest absolute Gasteiger partial charge is 0.311 e. The standard InChI is InChI=1S/C13H25F3N2/c1-3-6-12-10-18(11(2)9-17-12)8-5-4-7-13(14,15)16/h11-12,17H,3-10H2,1-2H3. The number of alkyl halides is 3. The predicted molar refractivity (Wildman–Crippen MR) is 67.6 cm³/mol. The largest absolute Gasteiger partial charge is 0.389 e. The number of piperazine rings is 1. The molecule has 1 aliphatic rings. The molecule has 0 saturated carbocycles. The summed E-state index contributed by atoms with van der Waals surface area (Å²) < 4.78 is 36.1. The summed E-state index contributed by atoms with van der Waals surface area (Å²) in [6, 6.07) is 0.942. The van der Waals surface area contributed by atoms with Crippen LogP contribution in [0.3, 0.4) is 0 Å². The molecule has 0 aromatic heterocycles. The van der Waals surface area contributed by atoms with Crippen LogP contribution in [0.5, 0.6) is 0 Å². The monoisotopic (exact) mass is 266 g/mol. The fourth-order valence-electron chi connectivity index (χ4n) is 2.49. The Bertz CT molecular complexity index is 231. The molecule has 0 aromatic rings. The molecule has 18 heavy (non-hydrogen) atoms. The van der Waals surface area contributed by atoms with E-state index in [1.807, 2.05) is 0 Å². The van der Waals surface area contributed by atoms with Gasteiger partial charge < -0.3 is 5.32 Å². The Morgan fingerprint density at radius 2 is 2.00 bits per heavy atom. The van der Waals surface area contributed by atoms with Gasteiger partial charge in [-0.25, -0.2) is 0 Å². The van der Waals surface area contributed by atoms with Crippen LogP contribution in [-0.2, 0) is 0 Å². The van der Waals surface area contributed by atoms with Crippen molar-refractivity contribution in [3.8, 4) is 0 Å². The minimum atomic E-state index is -4.00. The molecular formula is C13H25F3N2. The van der Waals surface area contributed by atoms with Crippen LogP contribution in [0, 0.1) is 0 Å². The first kappa shape index (κ1) is 15.8. The summed E-state index contributed by atoms with van der Waals surface area (Å²) in [5.41, 5.74) is 0. The van der Waals surface area contributed by atoms with Crippen molar-refractivity contribution < 1.29 is 13.2 Å². The molecule has 1 fully saturated rings. The number of nitrogens with one attached hydrogen (secondary N) is 1. The predicted octanol–water partition coefficient (Wildman–Crippen LogP) is 3.18. The third-order valence-corrected chi connectivity index (χ3v) is 3.57. The zero-order valence-corrected chi connectivity index (χ0v) is 11.4. The molecule has 2 atom stereocenters. The molecule has 1 N–H and O–H groups in total. The second kappa shape index (κ2) is 7.34. The Hall–Kier alpha value is -0.290. The summed E-state index contributed by atoms with van der Waals surface area (Å²) in [6.45, 7) is 7.01. The number of hydrogen-bond donors (Lipinski definition) is 1. The van der Waals surface area contributed by atoms with Gasteiger partial charge in [0.05, 0.1) is 0 Å². The van der Waals surface area contributed by atoms with Gasteiger partial charge in [-0.1, -0.05) is 13.3 Å². The van der Waals surface area contributed by atoms with Gasteiger partial charge in [-0.2, -0.15) is 13.2 Å². The zero-order chi connectivity index (χ0) is 13.6. The van der Waals surface area contributed by atoms with Crippen LogP contribution < -0.4 is 5.32 Å². The maximum atomic E-state index is 12.0. The molecule has 2 unspecified atom stereocenters. The van der Waals surface area contributed by atoms with Gasteiger partial charge in [-0.05, 0) is 32.7 Å². The van der Waals surface area contributed by atoms with Gasteiger partial charge in [0.25, 0.3) is 0 Å². The van der Waals surface area contributed by atoms with E-state index in [4.69, 9.17) is 0 Å². The molecule has 0 spiro atoms. The lowest BCUT2D eigenvalue weighted by molar-refractivity contribution is -0.135. The van der Waals surface area contributed by atoms with Crippen molar-refractivity contribution in [2.75, 3.05) is 19.6 Å². The van der Waals surface area contributed by atoms with Gasteiger partial charge in [0.1, 0.15) is 0 Å². The summed E-state index contributed by atoms with van der Waals surface area (Å²) in [6.07, 6.45) is -1.47. The van der Waals surface area contributed by atoms with E-state index < -0.39 is 12.6 Å². The fraction of sp³-hybridized carbons (Fsp3) is 1.00. The highest BCUT2D eigenvalue weighted by Crippen LogP contribution is 2.22. The van der Waals surface area contributed by atoms with E-state index in [9.17, 15) is 13.2 Å². The highest BCUT2D eigenvalue weighted by atomic mass is 19.4. The van der Waals surface area contributed by atoms with Crippen LogP contribution in [0.15, 0.2) is 0 Å². The van der Waals surface area contributed by atoms with Gasteiger partial charge in [-0.15, -0.1) is 0 Å². The topological polar surface area (TPSA) is 15.3 Å². The maximum absolute atomic E-state index is 12.0. The molecule has 2 nitrogen and oxygen atoms in total. The maximum Gasteiger partial charge on any atom is 0.389 e. The minimum absolute atomic E-state index is 0.249. The van der Waals surface area contributed by atoms with Crippen molar-refractivity contribution in [1.29, 1.82) is 0 Å². The first-order valence-electron chi connectivity index (χ1n) is 6.96. The molecule has 0 aliphatic carbocycles. The summed E-state index contributed by atoms with van der Waals surface area (Å²) >= 11 is 0. The van der Waals surface area contributed by atoms with Gasteiger partial charge in [-0.3, -0.25) is 4.90 Å². The van der Waals surface area contributed by atoms with Crippen molar-refractivity contribution in [1.82, 2.24) is 10.2 Å². The van der Waals surface area contributed by atoms with Crippen LogP contribution in [-0.4, -0.2) is 42.8 Å². The Labute approximate surface area is 108 Å². The van der Waals surface area contributed by atoms with E-state index in [0.29, 0.717) is 18.5 Å². The van der Waals surface area contributed by atoms with E-state index in [2.05, 4.69) is 24.1 Å². The molecule has 1 aliphatic heterocycles. The lowest BCUT2D eigenvalue weighted by atomic mass is 10.1. The van der Waals surface area contributed by atoms with Crippen molar-refractivity contribution in [2.24, 2.45) is 0 Å². The normalized spacial score (nSPS) is 26.5. The van der Waals surface area contributed by atoms with Crippen molar-refractivity contribution in [2.45, 2.75) is 64.2 Å². The number of nitrogens with zero attached hydrogens (tertiary/aromatic N) is 1. The molecule has 1 rings (SSSR count). The molecule has 0 amide bonds. The lowest BCUT2D eigenvalue weighted by Crippen LogP contribution is -2.55. The van der Waals surface area contributed by atoms with Gasteiger partial charge in [0, 0.05) is 31.6 Å². The quantitative estimate of drug-likeness (QED) is 0.743. The van der Waals surface area contributed by atoms with E-state index in [0.717, 1.165) is 32.5 Å².